The van der Waals surface area contributed by atoms with Crippen molar-refractivity contribution in [1.82, 2.24) is 0 Å². The molecule has 1 N–H and O–H groups in total. The SMILES string of the molecule is COC(=O)c1ccc(NC(C)Cc2ccco2)c(F)c1F. The van der Waals surface area contributed by atoms with Crippen LogP contribution in [0.4, 0.5) is 14.5 Å². The maximum absolute atomic E-state index is 13.9. The topological polar surface area (TPSA) is 51.5 Å². The van der Waals surface area contributed by atoms with E-state index in [9.17, 15) is 13.6 Å². The zero-order chi connectivity index (χ0) is 15.4. The van der Waals surface area contributed by atoms with Gasteiger partial charge in [-0.3, -0.25) is 0 Å². The van der Waals surface area contributed by atoms with Gasteiger partial charge < -0.3 is 14.5 Å². The van der Waals surface area contributed by atoms with Crippen molar-refractivity contribution in [2.24, 2.45) is 0 Å². The number of rotatable bonds is 5. The van der Waals surface area contributed by atoms with Gasteiger partial charge in [-0.05, 0) is 31.2 Å². The quantitative estimate of drug-likeness (QED) is 0.859. The van der Waals surface area contributed by atoms with E-state index in [1.165, 1.54) is 12.1 Å². The maximum atomic E-state index is 13.9. The van der Waals surface area contributed by atoms with Gasteiger partial charge in [-0.1, -0.05) is 0 Å². The Bertz CT molecular complexity index is 626. The predicted octanol–water partition coefficient (Wildman–Crippen LogP) is 3.39. The lowest BCUT2D eigenvalue weighted by Crippen LogP contribution is -2.19. The highest BCUT2D eigenvalue weighted by Gasteiger charge is 2.20. The van der Waals surface area contributed by atoms with Gasteiger partial charge in [0.25, 0.3) is 0 Å². The number of anilines is 1. The average Bonchev–Trinajstić information content (AvgIpc) is 2.96. The second-order valence-corrected chi connectivity index (χ2v) is 4.61. The summed E-state index contributed by atoms with van der Waals surface area (Å²) in [7, 11) is 1.11. The van der Waals surface area contributed by atoms with Crippen molar-refractivity contribution < 1.29 is 22.7 Å². The Morgan fingerprint density at radius 1 is 1.33 bits per heavy atom. The number of benzene rings is 1. The summed E-state index contributed by atoms with van der Waals surface area (Å²) in [5.41, 5.74) is -0.446. The Labute approximate surface area is 120 Å². The first-order valence-corrected chi connectivity index (χ1v) is 6.38. The number of methoxy groups -OCH3 is 1. The largest absolute Gasteiger partial charge is 0.469 e. The molecule has 0 radical (unpaired) electrons. The van der Waals surface area contributed by atoms with Crippen LogP contribution in [0.5, 0.6) is 0 Å². The summed E-state index contributed by atoms with van der Waals surface area (Å²) in [6, 6.07) is 5.88. The number of carbonyl (C=O) groups is 1. The number of halogens is 2. The number of furan rings is 1. The standard InChI is InChI=1S/C15H15F2NO3/c1-9(8-10-4-3-7-21-10)18-12-6-5-11(15(19)20-2)13(16)14(12)17/h3-7,9,18H,8H2,1-2H3. The van der Waals surface area contributed by atoms with Gasteiger partial charge in [-0.2, -0.15) is 0 Å². The van der Waals surface area contributed by atoms with Gasteiger partial charge in [0, 0.05) is 12.5 Å². The Morgan fingerprint density at radius 2 is 2.10 bits per heavy atom. The van der Waals surface area contributed by atoms with Crippen molar-refractivity contribution in [3.63, 3.8) is 0 Å². The summed E-state index contributed by atoms with van der Waals surface area (Å²) in [5, 5.41) is 2.85. The highest BCUT2D eigenvalue weighted by Crippen LogP contribution is 2.22. The predicted molar refractivity (Wildman–Crippen MR) is 73.2 cm³/mol. The molecule has 21 heavy (non-hydrogen) atoms. The Balaban J connectivity index is 2.13. The number of hydrogen-bond donors (Lipinski definition) is 1. The minimum Gasteiger partial charge on any atom is -0.469 e. The molecule has 0 aliphatic heterocycles. The number of carbonyl (C=O) groups excluding carboxylic acids is 1. The van der Waals surface area contributed by atoms with Crippen LogP contribution in [0.2, 0.25) is 0 Å². The van der Waals surface area contributed by atoms with E-state index < -0.39 is 23.2 Å². The Hall–Kier alpha value is -2.37. The second-order valence-electron chi connectivity index (χ2n) is 4.61. The van der Waals surface area contributed by atoms with E-state index in [-0.39, 0.29) is 11.7 Å². The zero-order valence-electron chi connectivity index (χ0n) is 11.7. The second kappa shape index (κ2) is 6.39. The Kier molecular flexibility index (Phi) is 4.57. The number of ether oxygens (including phenoxy) is 1. The molecule has 1 aromatic heterocycles. The highest BCUT2D eigenvalue weighted by molar-refractivity contribution is 5.90. The van der Waals surface area contributed by atoms with Gasteiger partial charge in [0.15, 0.2) is 11.6 Å². The van der Waals surface area contributed by atoms with Gasteiger partial charge in [-0.25, -0.2) is 13.6 Å². The number of nitrogens with one attached hydrogen (secondary N) is 1. The molecule has 1 atom stereocenters. The molecule has 0 aliphatic rings. The normalized spacial score (nSPS) is 12.0. The molecular formula is C15H15F2NO3. The number of esters is 1. The molecule has 0 bridgehead atoms. The van der Waals surface area contributed by atoms with Gasteiger partial charge in [0.1, 0.15) is 5.76 Å². The summed E-state index contributed by atoms with van der Waals surface area (Å²) in [6.07, 6.45) is 2.07. The van der Waals surface area contributed by atoms with E-state index in [0.29, 0.717) is 6.42 Å². The van der Waals surface area contributed by atoms with Crippen molar-refractivity contribution in [2.75, 3.05) is 12.4 Å². The fourth-order valence-electron chi connectivity index (χ4n) is 1.98. The van der Waals surface area contributed by atoms with Crippen LogP contribution in [0.15, 0.2) is 34.9 Å². The van der Waals surface area contributed by atoms with Gasteiger partial charge in [0.05, 0.1) is 24.6 Å². The first-order chi connectivity index (χ1) is 10.0. The molecule has 6 heteroatoms. The van der Waals surface area contributed by atoms with Crippen molar-refractivity contribution in [1.29, 1.82) is 0 Å². The fraction of sp³-hybridized carbons (Fsp3) is 0.267. The van der Waals surface area contributed by atoms with Crippen molar-refractivity contribution in [3.8, 4) is 0 Å². The molecule has 0 spiro atoms. The van der Waals surface area contributed by atoms with E-state index in [2.05, 4.69) is 10.1 Å². The van der Waals surface area contributed by atoms with E-state index in [4.69, 9.17) is 4.42 Å². The molecule has 2 rings (SSSR count). The molecular weight excluding hydrogens is 280 g/mol. The summed E-state index contributed by atoms with van der Waals surface area (Å²) >= 11 is 0. The lowest BCUT2D eigenvalue weighted by Gasteiger charge is -2.15. The molecule has 1 heterocycles. The third-order valence-electron chi connectivity index (χ3n) is 2.98. The molecule has 112 valence electrons. The van der Waals surface area contributed by atoms with Crippen LogP contribution in [0.1, 0.15) is 23.0 Å². The average molecular weight is 295 g/mol. The minimum atomic E-state index is -1.22. The summed E-state index contributed by atoms with van der Waals surface area (Å²) < 4.78 is 37.3. The molecule has 1 aromatic carbocycles. The van der Waals surface area contributed by atoms with E-state index in [1.807, 2.05) is 6.92 Å². The monoisotopic (exact) mass is 295 g/mol. The van der Waals surface area contributed by atoms with Crippen LogP contribution < -0.4 is 5.32 Å². The van der Waals surface area contributed by atoms with E-state index in [1.54, 1.807) is 18.4 Å². The fourth-order valence-corrected chi connectivity index (χ4v) is 1.98. The van der Waals surface area contributed by atoms with E-state index in [0.717, 1.165) is 12.9 Å². The third-order valence-corrected chi connectivity index (χ3v) is 2.98. The zero-order valence-corrected chi connectivity index (χ0v) is 11.7. The molecule has 1 unspecified atom stereocenters. The molecule has 4 nitrogen and oxygen atoms in total. The van der Waals surface area contributed by atoms with Gasteiger partial charge in [-0.15, -0.1) is 0 Å². The lowest BCUT2D eigenvalue weighted by atomic mass is 10.1. The van der Waals surface area contributed by atoms with Gasteiger partial charge in [0.2, 0.25) is 0 Å². The van der Waals surface area contributed by atoms with Crippen molar-refractivity contribution in [2.45, 2.75) is 19.4 Å². The molecule has 0 aliphatic carbocycles. The summed E-state index contributed by atoms with van der Waals surface area (Å²) in [6.45, 7) is 1.81. The van der Waals surface area contributed by atoms with Crippen LogP contribution in [-0.4, -0.2) is 19.1 Å². The molecule has 0 saturated heterocycles. The molecule has 0 amide bonds. The van der Waals surface area contributed by atoms with Crippen LogP contribution in [0.25, 0.3) is 0 Å². The van der Waals surface area contributed by atoms with Crippen LogP contribution >= 0.6 is 0 Å². The van der Waals surface area contributed by atoms with Crippen LogP contribution in [0.3, 0.4) is 0 Å². The Morgan fingerprint density at radius 3 is 2.71 bits per heavy atom. The summed E-state index contributed by atoms with van der Waals surface area (Å²) in [4.78, 5) is 11.3. The van der Waals surface area contributed by atoms with Crippen LogP contribution in [0, 0.1) is 11.6 Å². The lowest BCUT2D eigenvalue weighted by molar-refractivity contribution is 0.0594. The number of hydrogen-bond acceptors (Lipinski definition) is 4. The van der Waals surface area contributed by atoms with Crippen LogP contribution in [-0.2, 0) is 11.2 Å². The highest BCUT2D eigenvalue weighted by atomic mass is 19.2. The first-order valence-electron chi connectivity index (χ1n) is 6.38. The first kappa shape index (κ1) is 15.0. The van der Waals surface area contributed by atoms with Crippen molar-refractivity contribution in [3.05, 3.63) is 53.5 Å². The maximum Gasteiger partial charge on any atom is 0.340 e. The molecule has 2 aromatic rings. The molecule has 0 saturated carbocycles. The summed E-state index contributed by atoms with van der Waals surface area (Å²) in [5.74, 6) is -2.51. The van der Waals surface area contributed by atoms with Crippen molar-refractivity contribution >= 4 is 11.7 Å². The van der Waals surface area contributed by atoms with E-state index >= 15 is 0 Å². The minimum absolute atomic E-state index is 0.0146. The molecule has 0 fully saturated rings. The smallest absolute Gasteiger partial charge is 0.340 e. The third kappa shape index (κ3) is 3.39. The van der Waals surface area contributed by atoms with Gasteiger partial charge >= 0.3 is 5.97 Å².